The zero-order chi connectivity index (χ0) is 19.0. The number of nitrogens with one attached hydrogen (secondary N) is 1. The van der Waals surface area contributed by atoms with Gasteiger partial charge in [-0.05, 0) is 5.16 Å². The van der Waals surface area contributed by atoms with Crippen molar-refractivity contribution in [1.82, 2.24) is 10.5 Å². The van der Waals surface area contributed by atoms with Crippen LogP contribution in [0.1, 0.15) is 18.2 Å². The molecule has 0 unspecified atom stereocenters. The van der Waals surface area contributed by atoms with Crippen molar-refractivity contribution >= 4 is 17.8 Å². The van der Waals surface area contributed by atoms with Crippen molar-refractivity contribution in [1.29, 1.82) is 0 Å². The molecule has 0 fully saturated rings. The van der Waals surface area contributed by atoms with Crippen molar-refractivity contribution in [2.75, 3.05) is 35.0 Å². The maximum atomic E-state index is 12.3. The predicted octanol–water partition coefficient (Wildman–Crippen LogP) is -0.364. The normalized spacial score (nSPS) is 10.9. The number of ether oxygens (including phenoxy) is 4. The highest BCUT2D eigenvalue weighted by Crippen LogP contribution is 2.27. The van der Waals surface area contributed by atoms with Gasteiger partial charge in [-0.1, -0.05) is 0 Å². The Morgan fingerprint density at radius 2 is 1.72 bits per heavy atom. The summed E-state index contributed by atoms with van der Waals surface area (Å²) in [6.07, 6.45) is -0.00165. The van der Waals surface area contributed by atoms with Gasteiger partial charge >= 0.3 is 11.9 Å². The summed E-state index contributed by atoms with van der Waals surface area (Å²) in [6, 6.07) is 0. The van der Waals surface area contributed by atoms with Gasteiger partial charge in [-0.15, -0.1) is 0 Å². The fraction of sp³-hybridized carbons (Fsp3) is 0.600. The lowest BCUT2D eigenvalue weighted by Gasteiger charge is -2.27. The summed E-state index contributed by atoms with van der Waals surface area (Å²) >= 11 is 0. The molecule has 0 atom stereocenters. The van der Waals surface area contributed by atoms with E-state index in [4.69, 9.17) is 23.5 Å². The largest absolute Gasteiger partial charge is 0.479 e. The third-order valence-electron chi connectivity index (χ3n) is 3.47. The van der Waals surface area contributed by atoms with Gasteiger partial charge < -0.3 is 28.8 Å². The molecule has 0 saturated heterocycles. The van der Waals surface area contributed by atoms with Crippen LogP contribution >= 0.6 is 0 Å². The molecule has 1 rings (SSSR count). The molecule has 0 bridgehead atoms. The number of aromatic nitrogens is 1. The number of methoxy groups -OCH3 is 4. The fourth-order valence-corrected chi connectivity index (χ4v) is 2.34. The van der Waals surface area contributed by atoms with Crippen LogP contribution in [-0.4, -0.2) is 63.6 Å². The molecule has 0 radical (unpaired) electrons. The third-order valence-corrected chi connectivity index (χ3v) is 3.47. The van der Waals surface area contributed by atoms with Crippen LogP contribution in [0.2, 0.25) is 0 Å². The molecule has 10 nitrogen and oxygen atoms in total. The molecule has 0 aliphatic heterocycles. The highest BCUT2D eigenvalue weighted by Gasteiger charge is 2.51. The van der Waals surface area contributed by atoms with Gasteiger partial charge in [0, 0.05) is 20.5 Å². The molecule has 0 aromatic carbocycles. The second-order valence-corrected chi connectivity index (χ2v) is 5.08. The second kappa shape index (κ2) is 9.02. The molecule has 1 N–H and O–H groups in total. The van der Waals surface area contributed by atoms with E-state index >= 15 is 0 Å². The molecular weight excluding hydrogens is 336 g/mol. The van der Waals surface area contributed by atoms with Gasteiger partial charge in [-0.2, -0.15) is 0 Å². The van der Waals surface area contributed by atoms with Gasteiger partial charge in [0.25, 0.3) is 5.88 Å². The van der Waals surface area contributed by atoms with Crippen LogP contribution in [0, 0.1) is 0 Å². The van der Waals surface area contributed by atoms with Crippen LogP contribution in [0.4, 0.5) is 0 Å². The molecule has 0 spiro atoms. The van der Waals surface area contributed by atoms with Crippen molar-refractivity contribution in [2.24, 2.45) is 0 Å². The molecule has 1 amide bonds. The van der Waals surface area contributed by atoms with Crippen LogP contribution in [-0.2, 0) is 41.4 Å². The van der Waals surface area contributed by atoms with Crippen molar-refractivity contribution in [2.45, 2.75) is 25.3 Å². The van der Waals surface area contributed by atoms with Crippen LogP contribution in [0.5, 0.6) is 5.88 Å². The topological polar surface area (TPSA) is 126 Å². The molecule has 0 aliphatic rings. The minimum Gasteiger partial charge on any atom is -0.479 e. The molecule has 140 valence electrons. The maximum Gasteiger partial charge on any atom is 0.343 e. The van der Waals surface area contributed by atoms with E-state index in [1.165, 1.54) is 14.2 Å². The fourth-order valence-electron chi connectivity index (χ4n) is 2.34. The molecule has 1 aromatic rings. The number of carbonyl (C=O) groups is 3. The van der Waals surface area contributed by atoms with Crippen molar-refractivity contribution in [3.8, 4) is 5.88 Å². The van der Waals surface area contributed by atoms with Gasteiger partial charge in [-0.3, -0.25) is 4.79 Å². The first kappa shape index (κ1) is 20.4. The molecular formula is C15H22N2O8. The zero-order valence-electron chi connectivity index (χ0n) is 14.8. The Bertz CT molecular complexity index is 609. The number of amides is 1. The highest BCUT2D eigenvalue weighted by atomic mass is 16.6. The Labute approximate surface area is 144 Å². The summed E-state index contributed by atoms with van der Waals surface area (Å²) < 4.78 is 24.7. The van der Waals surface area contributed by atoms with Gasteiger partial charge in [0.2, 0.25) is 11.4 Å². The SMILES string of the molecule is COCCc1c(OC)noc1CC(NC(C)=O)(C(=O)OC)C(=O)OC. The van der Waals surface area contributed by atoms with E-state index < -0.39 is 23.4 Å². The van der Waals surface area contributed by atoms with E-state index in [9.17, 15) is 14.4 Å². The molecule has 0 aliphatic carbocycles. The zero-order valence-corrected chi connectivity index (χ0v) is 14.8. The number of rotatable bonds is 9. The van der Waals surface area contributed by atoms with E-state index in [0.717, 1.165) is 21.1 Å². The smallest absolute Gasteiger partial charge is 0.343 e. The summed E-state index contributed by atoms with van der Waals surface area (Å²) in [5.74, 6) is -2.26. The summed E-state index contributed by atoms with van der Waals surface area (Å²) in [6.45, 7) is 1.49. The number of carbonyl (C=O) groups excluding carboxylic acids is 3. The highest BCUT2D eigenvalue weighted by molar-refractivity contribution is 6.07. The quantitative estimate of drug-likeness (QED) is 0.465. The van der Waals surface area contributed by atoms with Crippen LogP contribution in [0.25, 0.3) is 0 Å². The average molecular weight is 358 g/mol. The molecule has 25 heavy (non-hydrogen) atoms. The summed E-state index contributed by atoms with van der Waals surface area (Å²) in [7, 11) is 5.10. The Morgan fingerprint density at radius 1 is 1.12 bits per heavy atom. The minimum atomic E-state index is -2.11. The third kappa shape index (κ3) is 4.47. The molecule has 10 heteroatoms. The van der Waals surface area contributed by atoms with Crippen molar-refractivity contribution in [3.05, 3.63) is 11.3 Å². The Hall–Kier alpha value is -2.62. The Morgan fingerprint density at radius 3 is 2.16 bits per heavy atom. The van der Waals surface area contributed by atoms with E-state index in [0.29, 0.717) is 18.6 Å². The maximum absolute atomic E-state index is 12.3. The van der Waals surface area contributed by atoms with Crippen LogP contribution < -0.4 is 10.1 Å². The summed E-state index contributed by atoms with van der Waals surface area (Å²) in [4.78, 5) is 36.2. The number of hydrogen-bond donors (Lipinski definition) is 1. The molecule has 0 saturated carbocycles. The summed E-state index contributed by atoms with van der Waals surface area (Å²) in [5, 5.41) is 6.06. The lowest BCUT2D eigenvalue weighted by Crippen LogP contribution is -2.62. The van der Waals surface area contributed by atoms with E-state index in [-0.39, 0.29) is 18.1 Å². The Balaban J connectivity index is 3.38. The van der Waals surface area contributed by atoms with Gasteiger partial charge in [0.05, 0.1) is 39.9 Å². The Kier molecular flexibility index (Phi) is 7.37. The summed E-state index contributed by atoms with van der Waals surface area (Å²) in [5.41, 5.74) is -1.60. The first-order valence-electron chi connectivity index (χ1n) is 7.32. The van der Waals surface area contributed by atoms with Crippen LogP contribution in [0.3, 0.4) is 0 Å². The average Bonchev–Trinajstić information content (AvgIpc) is 2.98. The lowest BCUT2D eigenvalue weighted by atomic mass is 9.91. The second-order valence-electron chi connectivity index (χ2n) is 5.08. The van der Waals surface area contributed by atoms with Crippen molar-refractivity contribution in [3.63, 3.8) is 0 Å². The molecule has 1 heterocycles. The van der Waals surface area contributed by atoms with E-state index in [1.807, 2.05) is 0 Å². The first-order valence-corrected chi connectivity index (χ1v) is 7.32. The van der Waals surface area contributed by atoms with Crippen molar-refractivity contribution < 1.29 is 37.9 Å². The minimum absolute atomic E-state index is 0.165. The standard InChI is InChI=1S/C15H22N2O8/c1-9(18)16-15(13(19)23-4,14(20)24-5)8-11-10(6-7-21-2)12(22-3)17-25-11/h6-8H2,1-5H3,(H,16,18). The van der Waals surface area contributed by atoms with Gasteiger partial charge in [0.15, 0.2) is 0 Å². The number of hydrogen-bond acceptors (Lipinski definition) is 9. The predicted molar refractivity (Wildman–Crippen MR) is 82.9 cm³/mol. The van der Waals surface area contributed by atoms with E-state index in [1.54, 1.807) is 0 Å². The molecule has 1 aromatic heterocycles. The van der Waals surface area contributed by atoms with Gasteiger partial charge in [-0.25, -0.2) is 9.59 Å². The first-order chi connectivity index (χ1) is 11.9. The lowest BCUT2D eigenvalue weighted by molar-refractivity contribution is -0.165. The van der Waals surface area contributed by atoms with E-state index in [2.05, 4.69) is 10.5 Å². The number of nitrogens with zero attached hydrogens (tertiary/aromatic N) is 1. The van der Waals surface area contributed by atoms with Gasteiger partial charge in [0.1, 0.15) is 5.76 Å². The van der Waals surface area contributed by atoms with Crippen LogP contribution in [0.15, 0.2) is 4.52 Å². The number of esters is 2. The monoisotopic (exact) mass is 358 g/mol.